The third-order valence-corrected chi connectivity index (χ3v) is 2.39. The van der Waals surface area contributed by atoms with Crippen LogP contribution in [0.1, 0.15) is 5.56 Å². The smallest absolute Gasteiger partial charge is 0.382 e. The molecular weight excluding hydrogens is 274 g/mol. The van der Waals surface area contributed by atoms with Gasteiger partial charge in [0, 0.05) is 6.54 Å². The van der Waals surface area contributed by atoms with Gasteiger partial charge in [-0.1, -0.05) is 11.6 Å². The van der Waals surface area contributed by atoms with Gasteiger partial charge in [-0.05, 0) is 24.6 Å². The van der Waals surface area contributed by atoms with Gasteiger partial charge in [0.2, 0.25) is 0 Å². The molecule has 2 nitrogen and oxygen atoms in total. The van der Waals surface area contributed by atoms with E-state index in [4.69, 9.17) is 11.6 Å². The van der Waals surface area contributed by atoms with Crippen molar-refractivity contribution in [2.45, 2.75) is 13.1 Å². The van der Waals surface area contributed by atoms with E-state index >= 15 is 0 Å². The topological polar surface area (TPSA) is 21.3 Å². The molecule has 0 saturated carbocycles. The van der Waals surface area contributed by atoms with Crippen LogP contribution >= 0.6 is 11.6 Å². The summed E-state index contributed by atoms with van der Waals surface area (Å²) >= 11 is 5.76. The van der Waals surface area contributed by atoms with Crippen molar-refractivity contribution in [3.8, 4) is 0 Å². The first kappa shape index (κ1) is 15.0. The first-order chi connectivity index (χ1) is 8.29. The van der Waals surface area contributed by atoms with E-state index < -0.39 is 18.6 Å². The van der Waals surface area contributed by atoms with Gasteiger partial charge in [-0.25, -0.2) is 4.39 Å². The Balaban J connectivity index is 2.38. The Hall–Kier alpha value is -1.01. The minimum atomic E-state index is -4.33. The molecule has 102 valence electrons. The molecule has 0 aliphatic heterocycles. The maximum atomic E-state index is 13.1. The SMILES string of the molecule is Cc1cc(NCCOCC(F)(F)F)c(Cl)cc1F. The van der Waals surface area contributed by atoms with E-state index in [2.05, 4.69) is 10.1 Å². The number of halogens is 5. The van der Waals surface area contributed by atoms with E-state index in [1.54, 1.807) is 6.92 Å². The van der Waals surface area contributed by atoms with Gasteiger partial charge >= 0.3 is 6.18 Å². The standard InChI is InChI=1S/C11H12ClF4NO/c1-7-4-10(8(12)5-9(7)13)17-2-3-18-6-11(14,15)16/h4-5,17H,2-3,6H2,1H3. The average molecular weight is 286 g/mol. The Morgan fingerprint density at radius 3 is 2.61 bits per heavy atom. The molecule has 1 rings (SSSR count). The van der Waals surface area contributed by atoms with Crippen LogP contribution in [0.15, 0.2) is 12.1 Å². The summed E-state index contributed by atoms with van der Waals surface area (Å²) in [4.78, 5) is 0. The molecule has 0 radical (unpaired) electrons. The molecule has 0 heterocycles. The summed E-state index contributed by atoms with van der Waals surface area (Å²) in [5.41, 5.74) is 0.865. The minimum absolute atomic E-state index is 0.119. The maximum Gasteiger partial charge on any atom is 0.411 e. The second-order valence-corrected chi connectivity index (χ2v) is 4.08. The van der Waals surface area contributed by atoms with Crippen molar-refractivity contribution in [2.24, 2.45) is 0 Å². The molecule has 1 N–H and O–H groups in total. The molecule has 0 aromatic heterocycles. The van der Waals surface area contributed by atoms with Crippen molar-refractivity contribution < 1.29 is 22.3 Å². The lowest BCUT2D eigenvalue weighted by atomic mass is 10.2. The predicted octanol–water partition coefficient (Wildman–Crippen LogP) is 3.78. The van der Waals surface area contributed by atoms with Gasteiger partial charge in [-0.3, -0.25) is 0 Å². The maximum absolute atomic E-state index is 13.1. The summed E-state index contributed by atoms with van der Waals surface area (Å²) in [5.74, 6) is -0.432. The number of aryl methyl sites for hydroxylation is 1. The molecule has 0 spiro atoms. The highest BCUT2D eigenvalue weighted by Crippen LogP contribution is 2.24. The highest BCUT2D eigenvalue weighted by Gasteiger charge is 2.27. The summed E-state index contributed by atoms with van der Waals surface area (Å²) in [7, 11) is 0. The van der Waals surface area contributed by atoms with Crippen molar-refractivity contribution >= 4 is 17.3 Å². The second kappa shape index (κ2) is 6.24. The molecule has 0 amide bonds. The van der Waals surface area contributed by atoms with Gasteiger partial charge in [-0.2, -0.15) is 13.2 Å². The number of rotatable bonds is 5. The van der Waals surface area contributed by atoms with E-state index in [-0.39, 0.29) is 18.2 Å². The molecular formula is C11H12ClF4NO. The molecule has 0 atom stereocenters. The van der Waals surface area contributed by atoms with Crippen molar-refractivity contribution in [1.29, 1.82) is 0 Å². The number of hydrogen-bond donors (Lipinski definition) is 1. The van der Waals surface area contributed by atoms with Crippen LogP contribution in [0.5, 0.6) is 0 Å². The number of ether oxygens (including phenoxy) is 1. The molecule has 1 aromatic carbocycles. The Morgan fingerprint density at radius 1 is 1.33 bits per heavy atom. The average Bonchev–Trinajstić information content (AvgIpc) is 2.23. The molecule has 7 heteroatoms. The zero-order valence-corrected chi connectivity index (χ0v) is 10.3. The summed E-state index contributed by atoms with van der Waals surface area (Å²) in [6.07, 6.45) is -4.33. The summed E-state index contributed by atoms with van der Waals surface area (Å²) in [6, 6.07) is 2.64. The van der Waals surface area contributed by atoms with Crippen LogP contribution in [0.25, 0.3) is 0 Å². The first-order valence-corrected chi connectivity index (χ1v) is 5.51. The van der Waals surface area contributed by atoms with E-state index in [0.717, 1.165) is 6.07 Å². The lowest BCUT2D eigenvalue weighted by Crippen LogP contribution is -2.20. The minimum Gasteiger partial charge on any atom is -0.382 e. The summed E-state index contributed by atoms with van der Waals surface area (Å²) in [5, 5.41) is 2.95. The number of alkyl halides is 3. The fraction of sp³-hybridized carbons (Fsp3) is 0.455. The quantitative estimate of drug-likeness (QED) is 0.657. The van der Waals surface area contributed by atoms with Gasteiger partial charge in [0.1, 0.15) is 12.4 Å². The van der Waals surface area contributed by atoms with Gasteiger partial charge in [0.05, 0.1) is 17.3 Å². The Kier molecular flexibility index (Phi) is 5.22. The number of benzene rings is 1. The van der Waals surface area contributed by atoms with Crippen LogP contribution in [0.2, 0.25) is 5.02 Å². The van der Waals surface area contributed by atoms with Crippen LogP contribution in [0.4, 0.5) is 23.2 Å². The van der Waals surface area contributed by atoms with Crippen LogP contribution in [0, 0.1) is 12.7 Å². The van der Waals surface area contributed by atoms with E-state index in [1.165, 1.54) is 6.07 Å². The molecule has 0 aliphatic carbocycles. The molecule has 0 unspecified atom stereocenters. The second-order valence-electron chi connectivity index (χ2n) is 3.68. The predicted molar refractivity (Wildman–Crippen MR) is 61.5 cm³/mol. The zero-order valence-electron chi connectivity index (χ0n) is 9.57. The van der Waals surface area contributed by atoms with Crippen LogP contribution in [-0.4, -0.2) is 25.9 Å². The van der Waals surface area contributed by atoms with Gasteiger partial charge in [0.25, 0.3) is 0 Å². The number of anilines is 1. The highest BCUT2D eigenvalue weighted by atomic mass is 35.5. The lowest BCUT2D eigenvalue weighted by Gasteiger charge is -2.11. The van der Waals surface area contributed by atoms with Crippen molar-refractivity contribution in [1.82, 2.24) is 0 Å². The number of nitrogens with one attached hydrogen (secondary N) is 1. The van der Waals surface area contributed by atoms with Crippen LogP contribution in [0.3, 0.4) is 0 Å². The first-order valence-electron chi connectivity index (χ1n) is 5.13. The highest BCUT2D eigenvalue weighted by molar-refractivity contribution is 6.33. The third kappa shape index (κ3) is 5.10. The molecule has 0 bridgehead atoms. The fourth-order valence-corrected chi connectivity index (χ4v) is 1.46. The Bertz CT molecular complexity index is 409. The fourth-order valence-electron chi connectivity index (χ4n) is 1.24. The molecule has 18 heavy (non-hydrogen) atoms. The normalized spacial score (nSPS) is 11.7. The van der Waals surface area contributed by atoms with E-state index in [0.29, 0.717) is 11.3 Å². The van der Waals surface area contributed by atoms with Crippen LogP contribution in [-0.2, 0) is 4.74 Å². The lowest BCUT2D eigenvalue weighted by molar-refractivity contribution is -0.172. The van der Waals surface area contributed by atoms with Gasteiger partial charge < -0.3 is 10.1 Å². The number of hydrogen-bond acceptors (Lipinski definition) is 2. The molecule has 0 saturated heterocycles. The molecule has 1 aromatic rings. The summed E-state index contributed by atoms with van der Waals surface area (Å²) in [6.45, 7) is 0.314. The van der Waals surface area contributed by atoms with Crippen molar-refractivity contribution in [2.75, 3.05) is 25.1 Å². The Labute approximate surface area is 107 Å². The molecule has 0 fully saturated rings. The van der Waals surface area contributed by atoms with Crippen LogP contribution < -0.4 is 5.32 Å². The Morgan fingerprint density at radius 2 is 2.00 bits per heavy atom. The van der Waals surface area contributed by atoms with Crippen molar-refractivity contribution in [3.63, 3.8) is 0 Å². The van der Waals surface area contributed by atoms with Crippen molar-refractivity contribution in [3.05, 3.63) is 28.5 Å². The summed E-state index contributed by atoms with van der Waals surface area (Å²) < 4.78 is 52.8. The largest absolute Gasteiger partial charge is 0.411 e. The monoisotopic (exact) mass is 285 g/mol. The van der Waals surface area contributed by atoms with E-state index in [9.17, 15) is 17.6 Å². The molecule has 0 aliphatic rings. The third-order valence-electron chi connectivity index (χ3n) is 2.08. The van der Waals surface area contributed by atoms with Gasteiger partial charge in [-0.15, -0.1) is 0 Å². The van der Waals surface area contributed by atoms with E-state index in [1.807, 2.05) is 0 Å². The van der Waals surface area contributed by atoms with Gasteiger partial charge in [0.15, 0.2) is 0 Å². The zero-order chi connectivity index (χ0) is 13.8.